The maximum atomic E-state index is 12.4. The first-order valence-electron chi connectivity index (χ1n) is 7.13. The molecule has 114 valence electrons. The molecule has 0 aliphatic carbocycles. The van der Waals surface area contributed by atoms with Gasteiger partial charge in [-0.05, 0) is 37.5 Å². The summed E-state index contributed by atoms with van der Waals surface area (Å²) in [7, 11) is -3.44. The zero-order valence-electron chi connectivity index (χ0n) is 13.0. The van der Waals surface area contributed by atoms with Crippen LogP contribution in [-0.2, 0) is 23.0 Å². The Kier molecular flexibility index (Phi) is 6.17. The van der Waals surface area contributed by atoms with E-state index in [9.17, 15) is 8.42 Å². The first kappa shape index (κ1) is 17.1. The van der Waals surface area contributed by atoms with E-state index in [2.05, 4.69) is 23.9 Å². The number of nitrogens with one attached hydrogen (secondary N) is 2. The highest BCUT2D eigenvalue weighted by Crippen LogP contribution is 2.19. The minimum absolute atomic E-state index is 0.109. The van der Waals surface area contributed by atoms with Crippen molar-refractivity contribution in [1.82, 2.24) is 10.0 Å². The second kappa shape index (κ2) is 7.20. The lowest BCUT2D eigenvalue weighted by Crippen LogP contribution is -2.31. The molecule has 4 nitrogen and oxygen atoms in total. The fourth-order valence-electron chi connectivity index (χ4n) is 1.95. The Hall–Kier alpha value is -0.910. The maximum Gasteiger partial charge on any atom is 0.241 e. The highest BCUT2D eigenvalue weighted by atomic mass is 32.2. The van der Waals surface area contributed by atoms with E-state index in [1.807, 2.05) is 32.9 Å². The van der Waals surface area contributed by atoms with Crippen molar-refractivity contribution < 1.29 is 8.42 Å². The number of rotatable bonds is 7. The van der Waals surface area contributed by atoms with Crippen LogP contribution in [0.15, 0.2) is 23.1 Å². The van der Waals surface area contributed by atoms with E-state index in [1.54, 1.807) is 6.07 Å². The molecule has 0 aliphatic rings. The lowest BCUT2D eigenvalue weighted by Gasteiger charge is -2.15. The van der Waals surface area contributed by atoms with Crippen molar-refractivity contribution >= 4 is 10.0 Å². The van der Waals surface area contributed by atoms with Gasteiger partial charge in [-0.25, -0.2) is 13.1 Å². The van der Waals surface area contributed by atoms with E-state index in [0.717, 1.165) is 11.1 Å². The quantitative estimate of drug-likeness (QED) is 0.813. The van der Waals surface area contributed by atoms with E-state index in [1.165, 1.54) is 0 Å². The van der Waals surface area contributed by atoms with Crippen molar-refractivity contribution in [3.63, 3.8) is 0 Å². The normalized spacial score (nSPS) is 12.3. The molecule has 0 bridgehead atoms. The summed E-state index contributed by atoms with van der Waals surface area (Å²) in [6.07, 6.45) is 0.701. The highest BCUT2D eigenvalue weighted by Gasteiger charge is 2.19. The van der Waals surface area contributed by atoms with Crippen LogP contribution in [0.4, 0.5) is 0 Å². The van der Waals surface area contributed by atoms with Crippen LogP contribution in [-0.4, -0.2) is 20.5 Å². The number of sulfonamides is 1. The molecule has 0 unspecified atom stereocenters. The molecule has 0 fully saturated rings. The average Bonchev–Trinajstić information content (AvgIpc) is 2.34. The molecule has 0 saturated carbocycles. The average molecular weight is 298 g/mol. The largest absolute Gasteiger partial charge is 0.310 e. The van der Waals surface area contributed by atoms with Crippen LogP contribution < -0.4 is 10.0 Å². The molecule has 1 aromatic rings. The third kappa shape index (κ3) is 4.89. The molecule has 0 spiro atoms. The van der Waals surface area contributed by atoms with Crippen LogP contribution in [0.2, 0.25) is 0 Å². The van der Waals surface area contributed by atoms with Gasteiger partial charge in [0.25, 0.3) is 0 Å². The standard InChI is InChI=1S/C15H26N2O2S/c1-6-14-8-7-13(10-16-11(2)3)9-15(14)20(18,19)17-12(4)5/h7-9,11-12,16-17H,6,10H2,1-5H3. The summed E-state index contributed by atoms with van der Waals surface area (Å²) in [5, 5.41) is 3.30. The Morgan fingerprint density at radius 1 is 1.10 bits per heavy atom. The van der Waals surface area contributed by atoms with Gasteiger partial charge >= 0.3 is 0 Å². The maximum absolute atomic E-state index is 12.4. The second-order valence-corrected chi connectivity index (χ2v) is 7.29. The van der Waals surface area contributed by atoms with Crippen LogP contribution >= 0.6 is 0 Å². The van der Waals surface area contributed by atoms with Gasteiger partial charge in [0, 0.05) is 18.6 Å². The lowest BCUT2D eigenvalue weighted by atomic mass is 10.1. The second-order valence-electron chi connectivity index (χ2n) is 5.61. The van der Waals surface area contributed by atoms with Gasteiger partial charge in [0.15, 0.2) is 0 Å². The molecule has 1 rings (SSSR count). The minimum Gasteiger partial charge on any atom is -0.310 e. The molecule has 0 aliphatic heterocycles. The van der Waals surface area contributed by atoms with Crippen molar-refractivity contribution in [2.24, 2.45) is 0 Å². The predicted molar refractivity (Wildman–Crippen MR) is 83.3 cm³/mol. The van der Waals surface area contributed by atoms with Gasteiger partial charge in [-0.1, -0.05) is 32.9 Å². The molecular weight excluding hydrogens is 272 g/mol. The Morgan fingerprint density at radius 2 is 1.75 bits per heavy atom. The van der Waals surface area contributed by atoms with Crippen LogP contribution in [0.3, 0.4) is 0 Å². The van der Waals surface area contributed by atoms with Crippen LogP contribution in [0, 0.1) is 0 Å². The smallest absolute Gasteiger partial charge is 0.241 e. The fourth-order valence-corrected chi connectivity index (χ4v) is 3.56. The predicted octanol–water partition coefficient (Wildman–Crippen LogP) is 2.43. The summed E-state index contributed by atoms with van der Waals surface area (Å²) in [6, 6.07) is 5.94. The topological polar surface area (TPSA) is 58.2 Å². The minimum atomic E-state index is -3.44. The Balaban J connectivity index is 3.12. The van der Waals surface area contributed by atoms with E-state index >= 15 is 0 Å². The summed E-state index contributed by atoms with van der Waals surface area (Å²) < 4.78 is 27.4. The molecule has 20 heavy (non-hydrogen) atoms. The van der Waals surface area contributed by atoms with Gasteiger partial charge in [0.05, 0.1) is 4.90 Å². The van der Waals surface area contributed by atoms with E-state index in [0.29, 0.717) is 23.9 Å². The van der Waals surface area contributed by atoms with Gasteiger partial charge in [-0.2, -0.15) is 0 Å². The summed E-state index contributed by atoms with van der Waals surface area (Å²) >= 11 is 0. The van der Waals surface area contributed by atoms with Crippen molar-refractivity contribution in [3.05, 3.63) is 29.3 Å². The Bertz CT molecular complexity index is 537. The summed E-state index contributed by atoms with van der Waals surface area (Å²) in [5.41, 5.74) is 1.84. The highest BCUT2D eigenvalue weighted by molar-refractivity contribution is 7.89. The lowest BCUT2D eigenvalue weighted by molar-refractivity contribution is 0.567. The van der Waals surface area contributed by atoms with Crippen molar-refractivity contribution in [2.45, 2.75) is 64.6 Å². The first-order valence-corrected chi connectivity index (χ1v) is 8.62. The Labute approximate surface area is 123 Å². The Morgan fingerprint density at radius 3 is 2.25 bits per heavy atom. The molecule has 0 heterocycles. The summed E-state index contributed by atoms with van der Waals surface area (Å²) in [5.74, 6) is 0. The zero-order chi connectivity index (χ0) is 15.3. The van der Waals surface area contributed by atoms with Crippen LogP contribution in [0.25, 0.3) is 0 Å². The molecule has 0 amide bonds. The van der Waals surface area contributed by atoms with E-state index in [4.69, 9.17) is 0 Å². The number of benzene rings is 1. The molecule has 1 aromatic carbocycles. The van der Waals surface area contributed by atoms with Gasteiger partial charge in [0.1, 0.15) is 0 Å². The zero-order valence-corrected chi connectivity index (χ0v) is 13.8. The molecular formula is C15H26N2O2S. The third-order valence-corrected chi connectivity index (χ3v) is 4.65. The van der Waals surface area contributed by atoms with E-state index in [-0.39, 0.29) is 6.04 Å². The third-order valence-electron chi connectivity index (χ3n) is 2.91. The number of aryl methyl sites for hydroxylation is 1. The molecule has 0 atom stereocenters. The van der Waals surface area contributed by atoms with Crippen molar-refractivity contribution in [1.29, 1.82) is 0 Å². The summed E-state index contributed by atoms with van der Waals surface area (Å²) in [6.45, 7) is 10.4. The monoisotopic (exact) mass is 298 g/mol. The molecule has 0 aromatic heterocycles. The van der Waals surface area contributed by atoms with Gasteiger partial charge in [0.2, 0.25) is 10.0 Å². The van der Waals surface area contributed by atoms with Crippen LogP contribution in [0.1, 0.15) is 45.7 Å². The van der Waals surface area contributed by atoms with Crippen LogP contribution in [0.5, 0.6) is 0 Å². The van der Waals surface area contributed by atoms with Gasteiger partial charge < -0.3 is 5.32 Å². The van der Waals surface area contributed by atoms with Crippen molar-refractivity contribution in [2.75, 3.05) is 0 Å². The number of hydrogen-bond acceptors (Lipinski definition) is 3. The molecule has 5 heteroatoms. The number of hydrogen-bond donors (Lipinski definition) is 2. The molecule has 0 radical (unpaired) electrons. The van der Waals surface area contributed by atoms with E-state index < -0.39 is 10.0 Å². The van der Waals surface area contributed by atoms with Gasteiger partial charge in [-0.3, -0.25) is 0 Å². The molecule has 0 saturated heterocycles. The molecule has 2 N–H and O–H groups in total. The SMILES string of the molecule is CCc1ccc(CNC(C)C)cc1S(=O)(=O)NC(C)C. The van der Waals surface area contributed by atoms with Gasteiger partial charge in [-0.15, -0.1) is 0 Å². The first-order chi connectivity index (χ1) is 9.26. The fraction of sp³-hybridized carbons (Fsp3) is 0.600. The van der Waals surface area contributed by atoms with Crippen molar-refractivity contribution in [3.8, 4) is 0 Å². The summed E-state index contributed by atoms with van der Waals surface area (Å²) in [4.78, 5) is 0.400.